The number of hydrogen-bond acceptors (Lipinski definition) is 4. The topological polar surface area (TPSA) is 91.6 Å². The number of benzene rings is 2. The molecule has 7 nitrogen and oxygen atoms in total. The van der Waals surface area contributed by atoms with Crippen LogP contribution in [0.25, 0.3) is 10.9 Å². The van der Waals surface area contributed by atoms with Crippen LogP contribution in [-0.4, -0.2) is 45.4 Å². The fraction of sp³-hybridized carbons (Fsp3) is 0.261. The molecule has 0 spiro atoms. The summed E-state index contributed by atoms with van der Waals surface area (Å²) in [5, 5.41) is 14.2. The lowest BCUT2D eigenvalue weighted by Crippen LogP contribution is -2.32. The highest BCUT2D eigenvalue weighted by atomic mass is 16.3. The number of carbonyl (C=O) groups is 3. The van der Waals surface area contributed by atoms with E-state index < -0.39 is 6.10 Å². The maximum Gasteiger partial charge on any atom is 0.261 e. The number of hydrogen-bond donors (Lipinski definition) is 2. The Kier molecular flexibility index (Phi) is 5.37. The Morgan fingerprint density at radius 2 is 1.67 bits per heavy atom. The Labute approximate surface area is 173 Å². The van der Waals surface area contributed by atoms with Crippen LogP contribution in [0, 0.1) is 0 Å². The van der Waals surface area contributed by atoms with Gasteiger partial charge in [0.05, 0.1) is 17.2 Å². The third kappa shape index (κ3) is 3.59. The molecule has 2 N–H and O–H groups in total. The van der Waals surface area contributed by atoms with Crippen LogP contribution in [0.15, 0.2) is 54.7 Å². The molecule has 154 valence electrons. The molecule has 0 saturated heterocycles. The molecule has 2 aromatic carbocycles. The first kappa shape index (κ1) is 19.8. The van der Waals surface area contributed by atoms with Crippen molar-refractivity contribution in [1.29, 1.82) is 0 Å². The van der Waals surface area contributed by atoms with Crippen LogP contribution in [0.3, 0.4) is 0 Å². The highest BCUT2D eigenvalue weighted by Gasteiger charge is 2.34. The van der Waals surface area contributed by atoms with E-state index in [1.165, 1.54) is 4.90 Å². The summed E-state index contributed by atoms with van der Waals surface area (Å²) in [5.41, 5.74) is 2.59. The van der Waals surface area contributed by atoms with Crippen molar-refractivity contribution >= 4 is 28.6 Å². The quantitative estimate of drug-likeness (QED) is 0.591. The molecule has 1 aromatic heterocycles. The minimum Gasteiger partial charge on any atom is -0.386 e. The average molecular weight is 405 g/mol. The molecule has 1 aliphatic heterocycles. The maximum absolute atomic E-state index is 12.3. The Morgan fingerprint density at radius 1 is 1.03 bits per heavy atom. The molecule has 1 aliphatic rings. The smallest absolute Gasteiger partial charge is 0.261 e. The number of imide groups is 1. The van der Waals surface area contributed by atoms with Crippen LogP contribution in [-0.2, 0) is 11.8 Å². The van der Waals surface area contributed by atoms with Gasteiger partial charge >= 0.3 is 0 Å². The van der Waals surface area contributed by atoms with Gasteiger partial charge in [-0.1, -0.05) is 30.3 Å². The molecule has 3 amide bonds. The number of carbonyl (C=O) groups excluding carboxylic acids is 3. The highest BCUT2D eigenvalue weighted by molar-refractivity contribution is 6.21. The number of nitrogens with zero attached hydrogens (tertiary/aromatic N) is 2. The first-order valence-electron chi connectivity index (χ1n) is 9.91. The van der Waals surface area contributed by atoms with Crippen molar-refractivity contribution in [2.24, 2.45) is 7.05 Å². The number of nitrogens with one attached hydrogen (secondary N) is 1. The van der Waals surface area contributed by atoms with Gasteiger partial charge in [-0.05, 0) is 24.6 Å². The van der Waals surface area contributed by atoms with Crippen LogP contribution in [0.4, 0.5) is 0 Å². The van der Waals surface area contributed by atoms with E-state index in [2.05, 4.69) is 5.32 Å². The van der Waals surface area contributed by atoms with Crippen molar-refractivity contribution in [1.82, 2.24) is 14.8 Å². The van der Waals surface area contributed by atoms with Gasteiger partial charge in [0, 0.05) is 49.2 Å². The molecule has 3 aromatic rings. The zero-order chi connectivity index (χ0) is 21.3. The fourth-order valence-corrected chi connectivity index (χ4v) is 3.89. The van der Waals surface area contributed by atoms with E-state index >= 15 is 0 Å². The van der Waals surface area contributed by atoms with Crippen molar-refractivity contribution in [2.75, 3.05) is 13.1 Å². The molecular formula is C23H23N3O4. The number of para-hydroxylation sites is 1. The monoisotopic (exact) mass is 405 g/mol. The predicted octanol–water partition coefficient (Wildman–Crippen LogP) is 2.40. The van der Waals surface area contributed by atoms with Crippen molar-refractivity contribution in [2.45, 2.75) is 18.9 Å². The summed E-state index contributed by atoms with van der Waals surface area (Å²) < 4.78 is 1.94. The van der Waals surface area contributed by atoms with Crippen LogP contribution in [0.1, 0.15) is 45.2 Å². The summed E-state index contributed by atoms with van der Waals surface area (Å²) in [5.74, 6) is -0.865. The van der Waals surface area contributed by atoms with E-state index in [9.17, 15) is 19.5 Å². The van der Waals surface area contributed by atoms with Crippen molar-refractivity contribution in [3.63, 3.8) is 0 Å². The molecule has 0 bridgehead atoms. The van der Waals surface area contributed by atoms with Crippen LogP contribution in [0.2, 0.25) is 0 Å². The normalized spacial score (nSPS) is 14.3. The van der Waals surface area contributed by atoms with Gasteiger partial charge in [-0.2, -0.15) is 0 Å². The average Bonchev–Trinajstić information content (AvgIpc) is 3.22. The number of aryl methyl sites for hydroxylation is 1. The molecule has 0 fully saturated rings. The van der Waals surface area contributed by atoms with Crippen LogP contribution >= 0.6 is 0 Å². The predicted molar refractivity (Wildman–Crippen MR) is 112 cm³/mol. The minimum absolute atomic E-state index is 0.0971. The van der Waals surface area contributed by atoms with E-state index in [1.807, 2.05) is 42.1 Å². The Bertz CT molecular complexity index is 1100. The number of fused-ring (bicyclic) bond motifs is 2. The minimum atomic E-state index is -0.823. The van der Waals surface area contributed by atoms with Gasteiger partial charge in [0.25, 0.3) is 11.8 Å². The van der Waals surface area contributed by atoms with Gasteiger partial charge in [0.2, 0.25) is 5.91 Å². The summed E-state index contributed by atoms with van der Waals surface area (Å²) in [6.07, 6.45) is 1.57. The van der Waals surface area contributed by atoms with Gasteiger partial charge in [0.15, 0.2) is 0 Å². The molecule has 0 saturated carbocycles. The first-order valence-corrected chi connectivity index (χ1v) is 9.91. The van der Waals surface area contributed by atoms with Gasteiger partial charge < -0.3 is 15.0 Å². The van der Waals surface area contributed by atoms with E-state index in [4.69, 9.17) is 0 Å². The standard InChI is InChI=1S/C23H23N3O4/c1-25-14-18(15-7-4-5-10-19(15)25)20(27)13-24-21(28)11-6-12-26-22(29)16-8-2-3-9-17(16)23(26)30/h2-5,7-10,14,20,27H,6,11-13H2,1H3,(H,24,28). The summed E-state index contributed by atoms with van der Waals surface area (Å²) in [4.78, 5) is 38.0. The molecular weight excluding hydrogens is 382 g/mol. The second-order valence-corrected chi connectivity index (χ2v) is 7.44. The molecule has 2 heterocycles. The second-order valence-electron chi connectivity index (χ2n) is 7.44. The third-order valence-corrected chi connectivity index (χ3v) is 5.44. The second kappa shape index (κ2) is 8.12. The largest absolute Gasteiger partial charge is 0.386 e. The lowest BCUT2D eigenvalue weighted by atomic mass is 10.1. The summed E-state index contributed by atoms with van der Waals surface area (Å²) in [6.45, 7) is 0.283. The zero-order valence-electron chi connectivity index (χ0n) is 16.7. The van der Waals surface area contributed by atoms with Gasteiger partial charge in [-0.25, -0.2) is 0 Å². The SMILES string of the molecule is Cn1cc(C(O)CNC(=O)CCCN2C(=O)c3ccccc3C2=O)c2ccccc21. The maximum atomic E-state index is 12.3. The van der Waals surface area contributed by atoms with Gasteiger partial charge in [-0.3, -0.25) is 19.3 Å². The Balaban J connectivity index is 1.28. The van der Waals surface area contributed by atoms with Crippen molar-refractivity contribution in [3.8, 4) is 0 Å². The third-order valence-electron chi connectivity index (χ3n) is 5.44. The van der Waals surface area contributed by atoms with E-state index in [-0.39, 0.29) is 37.2 Å². The van der Waals surface area contributed by atoms with Crippen LogP contribution < -0.4 is 5.32 Å². The summed E-state index contributed by atoms with van der Waals surface area (Å²) in [7, 11) is 1.91. The molecule has 1 unspecified atom stereocenters. The lowest BCUT2D eigenvalue weighted by molar-refractivity contribution is -0.121. The number of rotatable bonds is 7. The highest BCUT2D eigenvalue weighted by Crippen LogP contribution is 2.26. The van der Waals surface area contributed by atoms with E-state index in [1.54, 1.807) is 24.3 Å². The number of aromatic nitrogens is 1. The molecule has 1 atom stereocenters. The first-order chi connectivity index (χ1) is 14.5. The van der Waals surface area contributed by atoms with Gasteiger partial charge in [-0.15, -0.1) is 0 Å². The Hall–Kier alpha value is -3.45. The Morgan fingerprint density at radius 3 is 2.37 bits per heavy atom. The molecule has 0 radical (unpaired) electrons. The fourth-order valence-electron chi connectivity index (χ4n) is 3.89. The van der Waals surface area contributed by atoms with E-state index in [0.717, 1.165) is 16.5 Å². The zero-order valence-corrected chi connectivity index (χ0v) is 16.7. The van der Waals surface area contributed by atoms with Gasteiger partial charge in [0.1, 0.15) is 0 Å². The number of aliphatic hydroxyl groups is 1. The van der Waals surface area contributed by atoms with Crippen molar-refractivity contribution < 1.29 is 19.5 Å². The summed E-state index contributed by atoms with van der Waals surface area (Å²) in [6, 6.07) is 14.5. The van der Waals surface area contributed by atoms with Crippen molar-refractivity contribution in [3.05, 3.63) is 71.4 Å². The number of aliphatic hydroxyl groups excluding tert-OH is 1. The lowest BCUT2D eigenvalue weighted by Gasteiger charge is -2.14. The summed E-state index contributed by atoms with van der Waals surface area (Å²) >= 11 is 0. The molecule has 30 heavy (non-hydrogen) atoms. The van der Waals surface area contributed by atoms with E-state index in [0.29, 0.717) is 17.5 Å². The molecule has 4 rings (SSSR count). The molecule has 0 aliphatic carbocycles. The molecule has 7 heteroatoms. The number of amides is 3. The van der Waals surface area contributed by atoms with Crippen LogP contribution in [0.5, 0.6) is 0 Å².